The van der Waals surface area contributed by atoms with Crippen molar-refractivity contribution in [1.29, 1.82) is 0 Å². The minimum atomic E-state index is -0.843. The van der Waals surface area contributed by atoms with E-state index in [9.17, 15) is 4.21 Å². The number of morpholine rings is 1. The summed E-state index contributed by atoms with van der Waals surface area (Å²) in [5.74, 6) is 2.31. The molecule has 0 spiro atoms. The van der Waals surface area contributed by atoms with E-state index in [4.69, 9.17) is 9.73 Å². The van der Waals surface area contributed by atoms with Crippen LogP contribution < -0.4 is 5.32 Å². The highest BCUT2D eigenvalue weighted by Gasteiger charge is 2.27. The fourth-order valence-electron chi connectivity index (χ4n) is 3.29. The summed E-state index contributed by atoms with van der Waals surface area (Å²) in [5, 5.41) is 3.40. The molecule has 0 saturated carbocycles. The summed E-state index contributed by atoms with van der Waals surface area (Å²) in [6, 6.07) is 0. The Bertz CT molecular complexity index is 465. The summed E-state index contributed by atoms with van der Waals surface area (Å²) in [5.41, 5.74) is 0. The zero-order chi connectivity index (χ0) is 18.3. The van der Waals surface area contributed by atoms with E-state index in [2.05, 4.69) is 22.0 Å². The first kappa shape index (κ1) is 24.1. The fraction of sp³-hybridized carbons (Fsp3) is 0.944. The Morgan fingerprint density at radius 1 is 1.27 bits per heavy atom. The molecule has 0 radical (unpaired) electrons. The minimum Gasteiger partial charge on any atom is -0.379 e. The Kier molecular flexibility index (Phi) is 11.0. The van der Waals surface area contributed by atoms with Gasteiger partial charge in [0.05, 0.1) is 19.8 Å². The number of nitrogens with zero attached hydrogens (tertiary/aromatic N) is 3. The van der Waals surface area contributed by atoms with E-state index < -0.39 is 10.8 Å². The predicted octanol–water partition coefficient (Wildman–Crippen LogP) is 1.77. The van der Waals surface area contributed by atoms with Gasteiger partial charge in [0.1, 0.15) is 0 Å². The van der Waals surface area contributed by atoms with Gasteiger partial charge in [-0.25, -0.2) is 0 Å². The van der Waals surface area contributed by atoms with Gasteiger partial charge in [-0.1, -0.05) is 0 Å². The standard InChI is InChI=1S/C18H36N4O2S.HI/c1-5-19-17(20-7-13-25(23)18(2,3)4)22-8-6-16(15-22)14-21-9-11-24-12-10-21;/h16H,5-15H2,1-4H3,(H,19,20);1H. The van der Waals surface area contributed by atoms with Gasteiger partial charge in [-0.15, -0.1) is 24.0 Å². The molecule has 2 saturated heterocycles. The number of nitrogens with one attached hydrogen (secondary N) is 1. The largest absolute Gasteiger partial charge is 0.379 e. The molecule has 2 rings (SSSR count). The normalized spacial score (nSPS) is 23.6. The van der Waals surface area contributed by atoms with Crippen LogP contribution in [-0.2, 0) is 15.5 Å². The van der Waals surface area contributed by atoms with Gasteiger partial charge in [-0.05, 0) is 40.0 Å². The predicted molar refractivity (Wildman–Crippen MR) is 121 cm³/mol. The Morgan fingerprint density at radius 3 is 2.58 bits per heavy atom. The highest BCUT2D eigenvalue weighted by molar-refractivity contribution is 14.0. The van der Waals surface area contributed by atoms with Gasteiger partial charge < -0.3 is 15.0 Å². The van der Waals surface area contributed by atoms with Crippen LogP contribution in [0.3, 0.4) is 0 Å². The zero-order valence-corrected chi connectivity index (χ0v) is 20.0. The third-order valence-corrected chi connectivity index (χ3v) is 6.68. The molecule has 2 fully saturated rings. The van der Waals surface area contributed by atoms with Crippen molar-refractivity contribution in [1.82, 2.24) is 15.1 Å². The number of hydrogen-bond donors (Lipinski definition) is 1. The Morgan fingerprint density at radius 2 is 1.96 bits per heavy atom. The quantitative estimate of drug-likeness (QED) is 0.343. The average molecular weight is 500 g/mol. The molecule has 26 heavy (non-hydrogen) atoms. The van der Waals surface area contributed by atoms with Crippen LogP contribution in [0, 0.1) is 5.92 Å². The van der Waals surface area contributed by atoms with Crippen LogP contribution in [0.25, 0.3) is 0 Å². The molecular weight excluding hydrogens is 463 g/mol. The lowest BCUT2D eigenvalue weighted by atomic mass is 10.1. The van der Waals surface area contributed by atoms with Gasteiger partial charge in [-0.3, -0.25) is 14.1 Å². The third kappa shape index (κ3) is 7.98. The third-order valence-electron chi connectivity index (χ3n) is 4.76. The number of hydrogen-bond acceptors (Lipinski definition) is 4. The Hall–Kier alpha value is 0.0700. The summed E-state index contributed by atoms with van der Waals surface area (Å²) in [6.45, 7) is 16.8. The van der Waals surface area contributed by atoms with Gasteiger partial charge in [0, 0.05) is 60.6 Å². The molecule has 1 N–H and O–H groups in total. The topological polar surface area (TPSA) is 57.2 Å². The Balaban J connectivity index is 0.00000338. The Labute approximate surface area is 179 Å². The molecule has 2 aliphatic rings. The molecule has 6 nitrogen and oxygen atoms in total. The summed E-state index contributed by atoms with van der Waals surface area (Å²) in [4.78, 5) is 9.63. The second-order valence-corrected chi connectivity index (χ2v) is 10.2. The van der Waals surface area contributed by atoms with Crippen LogP contribution in [0.15, 0.2) is 4.99 Å². The fourth-order valence-corrected chi connectivity index (χ4v) is 4.16. The molecule has 0 bridgehead atoms. The maximum atomic E-state index is 12.2. The van der Waals surface area contributed by atoms with Crippen molar-refractivity contribution >= 4 is 40.7 Å². The molecule has 0 aliphatic carbocycles. The van der Waals surface area contributed by atoms with Crippen LogP contribution in [0.4, 0.5) is 0 Å². The first-order chi connectivity index (χ1) is 11.9. The van der Waals surface area contributed by atoms with Crippen LogP contribution in [0.2, 0.25) is 0 Å². The molecule has 2 aliphatic heterocycles. The van der Waals surface area contributed by atoms with Crippen molar-refractivity contribution < 1.29 is 8.95 Å². The van der Waals surface area contributed by atoms with Gasteiger partial charge in [0.25, 0.3) is 0 Å². The summed E-state index contributed by atoms with van der Waals surface area (Å²) in [6.07, 6.45) is 1.22. The summed E-state index contributed by atoms with van der Waals surface area (Å²) >= 11 is 0. The molecule has 0 aromatic heterocycles. The van der Waals surface area contributed by atoms with E-state index in [0.29, 0.717) is 18.2 Å². The highest BCUT2D eigenvalue weighted by atomic mass is 127. The zero-order valence-electron chi connectivity index (χ0n) is 16.8. The molecule has 0 aromatic carbocycles. The van der Waals surface area contributed by atoms with E-state index >= 15 is 0 Å². The van der Waals surface area contributed by atoms with Gasteiger partial charge in [0.2, 0.25) is 0 Å². The lowest BCUT2D eigenvalue weighted by Gasteiger charge is -2.29. The first-order valence-electron chi connectivity index (χ1n) is 9.62. The van der Waals surface area contributed by atoms with Gasteiger partial charge in [-0.2, -0.15) is 0 Å². The van der Waals surface area contributed by atoms with Crippen molar-refractivity contribution in [3.05, 3.63) is 0 Å². The second-order valence-electron chi connectivity index (χ2n) is 7.91. The monoisotopic (exact) mass is 500 g/mol. The molecule has 2 unspecified atom stereocenters. The lowest BCUT2D eigenvalue weighted by Crippen LogP contribution is -2.42. The molecule has 2 atom stereocenters. The summed E-state index contributed by atoms with van der Waals surface area (Å²) < 4.78 is 17.5. The van der Waals surface area contributed by atoms with Crippen LogP contribution in [0.5, 0.6) is 0 Å². The molecule has 0 aromatic rings. The van der Waals surface area contributed by atoms with E-state index in [1.54, 1.807) is 0 Å². The molecule has 0 amide bonds. The van der Waals surface area contributed by atoms with Crippen molar-refractivity contribution in [2.24, 2.45) is 10.9 Å². The molecule has 8 heteroatoms. The maximum absolute atomic E-state index is 12.2. The number of halogens is 1. The second kappa shape index (κ2) is 11.8. The SMILES string of the molecule is CCNC(=NCCS(=O)C(C)(C)C)N1CCC(CN2CCOCC2)C1.I. The van der Waals surface area contributed by atoms with Crippen molar-refractivity contribution in [2.45, 2.75) is 38.9 Å². The van der Waals surface area contributed by atoms with Crippen molar-refractivity contribution in [2.75, 3.05) is 64.8 Å². The first-order valence-corrected chi connectivity index (χ1v) is 10.9. The van der Waals surface area contributed by atoms with Gasteiger partial charge >= 0.3 is 0 Å². The maximum Gasteiger partial charge on any atom is 0.193 e. The van der Waals surface area contributed by atoms with Crippen molar-refractivity contribution in [3.63, 3.8) is 0 Å². The lowest BCUT2D eigenvalue weighted by molar-refractivity contribution is 0.0315. The molecular formula is C18H37IN4O2S. The smallest absolute Gasteiger partial charge is 0.193 e. The average Bonchev–Trinajstić information content (AvgIpc) is 3.02. The van der Waals surface area contributed by atoms with Crippen molar-refractivity contribution in [3.8, 4) is 0 Å². The summed E-state index contributed by atoms with van der Waals surface area (Å²) in [7, 11) is -0.843. The van der Waals surface area contributed by atoms with E-state index in [0.717, 1.165) is 58.4 Å². The minimum absolute atomic E-state index is 0. The number of ether oxygens (including phenoxy) is 1. The molecule has 154 valence electrons. The van der Waals surface area contributed by atoms with Crippen LogP contribution in [0.1, 0.15) is 34.1 Å². The number of likely N-dealkylation sites (tertiary alicyclic amines) is 1. The van der Waals surface area contributed by atoms with Gasteiger partial charge in [0.15, 0.2) is 5.96 Å². The van der Waals surface area contributed by atoms with E-state index in [1.807, 2.05) is 20.8 Å². The van der Waals surface area contributed by atoms with E-state index in [-0.39, 0.29) is 28.7 Å². The molecule has 2 heterocycles. The number of guanidine groups is 1. The van der Waals surface area contributed by atoms with E-state index in [1.165, 1.54) is 6.42 Å². The number of aliphatic imine (C=N–C) groups is 1. The number of rotatable bonds is 6. The van der Waals surface area contributed by atoms with Crippen LogP contribution >= 0.6 is 24.0 Å². The van der Waals surface area contributed by atoms with Crippen LogP contribution in [-0.4, -0.2) is 89.5 Å². The highest BCUT2D eigenvalue weighted by Crippen LogP contribution is 2.18.